The summed E-state index contributed by atoms with van der Waals surface area (Å²) < 4.78 is 20.7. The lowest BCUT2D eigenvalue weighted by Gasteiger charge is -2.24. The van der Waals surface area contributed by atoms with Crippen LogP contribution >= 0.6 is 11.6 Å². The number of hydrogen-bond acceptors (Lipinski definition) is 5. The number of aromatic nitrogens is 2. The molecule has 0 unspecified atom stereocenters. The fraction of sp³-hybridized carbons (Fsp3) is 0.429. The maximum absolute atomic E-state index is 15.4. The number of aryl methyl sites for hydroxylation is 1. The molecule has 3 rings (SSSR count). The van der Waals surface area contributed by atoms with Crippen LogP contribution in [0.5, 0.6) is 0 Å². The number of carbonyl (C=O) groups is 2. The van der Waals surface area contributed by atoms with Crippen LogP contribution in [0.1, 0.15) is 67.0 Å². The molecule has 0 saturated heterocycles. The van der Waals surface area contributed by atoms with E-state index in [0.29, 0.717) is 5.69 Å². The molecule has 1 aliphatic rings. The van der Waals surface area contributed by atoms with Gasteiger partial charge in [0.25, 0.3) is 0 Å². The van der Waals surface area contributed by atoms with Gasteiger partial charge < -0.3 is 10.1 Å². The average molecular weight is 420 g/mol. The van der Waals surface area contributed by atoms with Gasteiger partial charge in [0.1, 0.15) is 17.1 Å². The summed E-state index contributed by atoms with van der Waals surface area (Å²) in [6.07, 6.45) is 3.77. The van der Waals surface area contributed by atoms with E-state index in [1.165, 1.54) is 24.5 Å². The van der Waals surface area contributed by atoms with E-state index in [1.807, 2.05) is 0 Å². The molecule has 0 bridgehead atoms. The van der Waals surface area contributed by atoms with Gasteiger partial charge in [0.05, 0.1) is 28.5 Å². The van der Waals surface area contributed by atoms with Crippen molar-refractivity contribution in [2.45, 2.75) is 52.2 Å². The van der Waals surface area contributed by atoms with Crippen molar-refractivity contribution in [1.82, 2.24) is 15.3 Å². The third kappa shape index (κ3) is 5.09. The van der Waals surface area contributed by atoms with Crippen molar-refractivity contribution in [2.24, 2.45) is 5.92 Å². The number of ether oxygens (including phenoxy) is 1. The number of alkyl carbamates (subject to hydrolysis) is 1. The second-order valence-electron chi connectivity index (χ2n) is 8.16. The van der Waals surface area contributed by atoms with Crippen molar-refractivity contribution in [3.8, 4) is 0 Å². The number of benzene rings is 1. The van der Waals surface area contributed by atoms with Crippen molar-refractivity contribution in [1.29, 1.82) is 0 Å². The number of nitrogens with zero attached hydrogens (tertiary/aromatic N) is 2. The first-order chi connectivity index (χ1) is 13.6. The molecule has 1 saturated carbocycles. The normalized spacial score (nSPS) is 15.0. The summed E-state index contributed by atoms with van der Waals surface area (Å²) in [4.78, 5) is 33.1. The SMILES string of the molecule is Cc1cnc(C(=O)c2c(Cl)ccc([C@H](NC(=O)OC(C)(C)C)C3CC3)c2F)cn1. The van der Waals surface area contributed by atoms with Crippen LogP contribution in [0.25, 0.3) is 0 Å². The Bertz CT molecular complexity index is 937. The Kier molecular flexibility index (Phi) is 5.89. The number of carbonyl (C=O) groups excluding carboxylic acids is 2. The maximum atomic E-state index is 15.4. The summed E-state index contributed by atoms with van der Waals surface area (Å²) in [5.74, 6) is -1.35. The quantitative estimate of drug-likeness (QED) is 0.705. The lowest BCUT2D eigenvalue weighted by molar-refractivity contribution is 0.0496. The molecule has 8 heteroatoms. The summed E-state index contributed by atoms with van der Waals surface area (Å²) >= 11 is 6.15. The highest BCUT2D eigenvalue weighted by Gasteiger charge is 2.37. The van der Waals surface area contributed by atoms with Crippen molar-refractivity contribution >= 4 is 23.5 Å². The van der Waals surface area contributed by atoms with Gasteiger partial charge in [0.2, 0.25) is 5.78 Å². The number of ketones is 1. The number of rotatable bonds is 5. The summed E-state index contributed by atoms with van der Waals surface area (Å²) in [7, 11) is 0. The molecule has 1 aromatic heterocycles. The lowest BCUT2D eigenvalue weighted by atomic mass is 9.96. The zero-order valence-electron chi connectivity index (χ0n) is 16.8. The van der Waals surface area contributed by atoms with Crippen LogP contribution in [0.15, 0.2) is 24.5 Å². The van der Waals surface area contributed by atoms with Gasteiger partial charge in [-0.05, 0) is 52.5 Å². The van der Waals surface area contributed by atoms with E-state index in [1.54, 1.807) is 27.7 Å². The predicted octanol–water partition coefficient (Wildman–Crippen LogP) is 4.78. The number of hydrogen-bond donors (Lipinski definition) is 1. The fourth-order valence-electron chi connectivity index (χ4n) is 2.97. The largest absolute Gasteiger partial charge is 0.444 e. The van der Waals surface area contributed by atoms with Gasteiger partial charge in [0, 0.05) is 11.8 Å². The molecule has 0 radical (unpaired) electrons. The van der Waals surface area contributed by atoms with Gasteiger partial charge in [-0.3, -0.25) is 9.78 Å². The van der Waals surface area contributed by atoms with E-state index in [0.717, 1.165) is 12.8 Å². The highest BCUT2D eigenvalue weighted by Crippen LogP contribution is 2.43. The minimum atomic E-state index is -0.766. The Hall–Kier alpha value is -2.54. The summed E-state index contributed by atoms with van der Waals surface area (Å²) in [5, 5.41) is 2.72. The molecule has 1 aliphatic carbocycles. The van der Waals surface area contributed by atoms with Crippen LogP contribution in [0.3, 0.4) is 0 Å². The monoisotopic (exact) mass is 419 g/mol. The first-order valence-corrected chi connectivity index (χ1v) is 9.75. The van der Waals surface area contributed by atoms with Crippen molar-refractivity contribution in [3.05, 3.63) is 57.9 Å². The lowest BCUT2D eigenvalue weighted by Crippen LogP contribution is -2.36. The molecule has 1 amide bonds. The van der Waals surface area contributed by atoms with E-state index in [-0.39, 0.29) is 27.8 Å². The molecule has 1 fully saturated rings. The molecule has 2 aromatic rings. The maximum Gasteiger partial charge on any atom is 0.408 e. The second-order valence-corrected chi connectivity index (χ2v) is 8.57. The third-order valence-corrected chi connectivity index (χ3v) is 4.78. The standard InChI is InChI=1S/C21H23ClFN3O3/c1-11-9-25-15(10-24-11)19(27)16-14(22)8-7-13(17(16)23)18(12-5-6-12)26-20(28)29-21(2,3)4/h7-10,12,18H,5-6H2,1-4H3,(H,26,28)/t18-/m1/s1. The van der Waals surface area contributed by atoms with Crippen LogP contribution in [-0.2, 0) is 4.74 Å². The molecule has 1 N–H and O–H groups in total. The summed E-state index contributed by atoms with van der Waals surface area (Å²) in [6, 6.07) is 2.34. The Morgan fingerprint density at radius 2 is 1.93 bits per heavy atom. The molecular weight excluding hydrogens is 397 g/mol. The number of amides is 1. The Labute approximate surface area is 173 Å². The van der Waals surface area contributed by atoms with Crippen molar-refractivity contribution in [2.75, 3.05) is 0 Å². The van der Waals surface area contributed by atoms with Crippen LogP contribution < -0.4 is 5.32 Å². The molecule has 29 heavy (non-hydrogen) atoms. The Balaban J connectivity index is 1.94. The second kappa shape index (κ2) is 8.06. The molecule has 1 heterocycles. The minimum Gasteiger partial charge on any atom is -0.444 e. The Morgan fingerprint density at radius 3 is 2.48 bits per heavy atom. The zero-order valence-corrected chi connectivity index (χ0v) is 17.5. The van der Waals surface area contributed by atoms with Gasteiger partial charge in [-0.2, -0.15) is 0 Å². The first-order valence-electron chi connectivity index (χ1n) is 9.37. The van der Waals surface area contributed by atoms with Gasteiger partial charge in [-0.25, -0.2) is 14.2 Å². The summed E-state index contributed by atoms with van der Waals surface area (Å²) in [5.41, 5.74) is -0.124. The number of nitrogens with one attached hydrogen (secondary N) is 1. The highest BCUT2D eigenvalue weighted by atomic mass is 35.5. The van der Waals surface area contributed by atoms with Gasteiger partial charge in [-0.15, -0.1) is 0 Å². The van der Waals surface area contributed by atoms with E-state index in [2.05, 4.69) is 15.3 Å². The highest BCUT2D eigenvalue weighted by molar-refractivity contribution is 6.34. The van der Waals surface area contributed by atoms with Crippen molar-refractivity contribution < 1.29 is 18.7 Å². The molecule has 1 aromatic carbocycles. The van der Waals surface area contributed by atoms with Gasteiger partial charge >= 0.3 is 6.09 Å². The van der Waals surface area contributed by atoms with Crippen LogP contribution in [0.2, 0.25) is 5.02 Å². The van der Waals surface area contributed by atoms with Crippen LogP contribution in [-0.4, -0.2) is 27.4 Å². The van der Waals surface area contributed by atoms with Crippen LogP contribution in [0.4, 0.5) is 9.18 Å². The van der Waals surface area contributed by atoms with Gasteiger partial charge in [0.15, 0.2) is 0 Å². The molecule has 6 nitrogen and oxygen atoms in total. The van der Waals surface area contributed by atoms with E-state index >= 15 is 4.39 Å². The van der Waals surface area contributed by atoms with E-state index in [4.69, 9.17) is 16.3 Å². The average Bonchev–Trinajstić information content (AvgIpc) is 3.44. The molecular formula is C21H23ClFN3O3. The fourth-order valence-corrected chi connectivity index (χ4v) is 3.20. The van der Waals surface area contributed by atoms with E-state index < -0.39 is 29.3 Å². The zero-order chi connectivity index (χ0) is 21.3. The third-order valence-electron chi connectivity index (χ3n) is 4.46. The topological polar surface area (TPSA) is 81.2 Å². The minimum absolute atomic E-state index is 0.00313. The summed E-state index contributed by atoms with van der Waals surface area (Å²) in [6.45, 7) is 6.99. The Morgan fingerprint density at radius 1 is 1.24 bits per heavy atom. The first kappa shape index (κ1) is 21.2. The number of halogens is 2. The van der Waals surface area contributed by atoms with Gasteiger partial charge in [-0.1, -0.05) is 17.7 Å². The van der Waals surface area contributed by atoms with E-state index in [9.17, 15) is 9.59 Å². The molecule has 1 atom stereocenters. The molecule has 0 aliphatic heterocycles. The molecule has 154 valence electrons. The van der Waals surface area contributed by atoms with Crippen LogP contribution in [0, 0.1) is 18.7 Å². The van der Waals surface area contributed by atoms with Crippen molar-refractivity contribution in [3.63, 3.8) is 0 Å². The predicted molar refractivity (Wildman–Crippen MR) is 106 cm³/mol. The molecule has 0 spiro atoms. The smallest absolute Gasteiger partial charge is 0.408 e.